The predicted octanol–water partition coefficient (Wildman–Crippen LogP) is 3.99. The molecule has 1 saturated heterocycles. The highest BCUT2D eigenvalue weighted by Gasteiger charge is 2.36. The van der Waals surface area contributed by atoms with Crippen LogP contribution in [0.2, 0.25) is 0 Å². The Labute approximate surface area is 160 Å². The summed E-state index contributed by atoms with van der Waals surface area (Å²) in [7, 11) is 0. The zero-order valence-corrected chi connectivity index (χ0v) is 15.1. The molecule has 1 aliphatic heterocycles. The van der Waals surface area contributed by atoms with Crippen molar-refractivity contribution < 1.29 is 13.2 Å². The van der Waals surface area contributed by atoms with Crippen LogP contribution in [-0.2, 0) is 0 Å². The molecule has 5 nitrogen and oxygen atoms in total. The first-order chi connectivity index (χ1) is 13.6. The average molecular weight is 387 g/mol. The third-order valence-corrected chi connectivity index (χ3v) is 5.86. The fourth-order valence-electron chi connectivity index (χ4n) is 4.47. The Kier molecular flexibility index (Phi) is 4.32. The normalized spacial score (nSPS) is 24.8. The van der Waals surface area contributed by atoms with Crippen LogP contribution >= 0.6 is 0 Å². The van der Waals surface area contributed by atoms with E-state index in [-0.39, 0.29) is 17.6 Å². The lowest BCUT2D eigenvalue weighted by Gasteiger charge is -2.32. The average Bonchev–Trinajstić information content (AvgIpc) is 3.31. The van der Waals surface area contributed by atoms with Crippen LogP contribution in [0.25, 0.3) is 22.6 Å². The molecular formula is C20H20F3N5. The number of hydrogen-bond acceptors (Lipinski definition) is 4. The number of benzene rings is 1. The van der Waals surface area contributed by atoms with Crippen molar-refractivity contribution in [2.75, 3.05) is 6.54 Å². The summed E-state index contributed by atoms with van der Waals surface area (Å²) < 4.78 is 41.9. The molecule has 0 amide bonds. The van der Waals surface area contributed by atoms with Gasteiger partial charge >= 0.3 is 0 Å². The molecule has 8 heteroatoms. The van der Waals surface area contributed by atoms with Crippen molar-refractivity contribution >= 4 is 11.2 Å². The Hall–Kier alpha value is -2.45. The largest absolute Gasteiger partial charge is 0.306 e. The number of imidazole rings is 1. The maximum atomic E-state index is 13.4. The third kappa shape index (κ3) is 2.97. The number of pyridine rings is 1. The van der Waals surface area contributed by atoms with E-state index >= 15 is 0 Å². The molecular weight excluding hydrogens is 367 g/mol. The molecule has 2 aliphatic rings. The first-order valence-corrected chi connectivity index (χ1v) is 9.51. The second-order valence-electron chi connectivity index (χ2n) is 7.55. The zero-order valence-electron chi connectivity index (χ0n) is 15.1. The number of hydrazine groups is 1. The van der Waals surface area contributed by atoms with Gasteiger partial charge in [-0.05, 0) is 61.6 Å². The standard InChI is InChI=1S/C20H20F3N5/c21-13-3-1-11(2-4-13)19-26-17-8-7-16(18(22)23)25-20(17)28(19)14-5-6-15-12(9-14)10-24-27-15/h1-4,7-8,12,14-15,18,24,27H,5-6,9-10H2. The van der Waals surface area contributed by atoms with E-state index in [0.717, 1.165) is 31.4 Å². The van der Waals surface area contributed by atoms with Crippen molar-refractivity contribution in [2.45, 2.75) is 37.8 Å². The van der Waals surface area contributed by atoms with Crippen LogP contribution < -0.4 is 10.9 Å². The molecule has 1 aliphatic carbocycles. The second kappa shape index (κ2) is 6.86. The summed E-state index contributed by atoms with van der Waals surface area (Å²) in [6.45, 7) is 0.884. The Morgan fingerprint density at radius 1 is 1.04 bits per heavy atom. The molecule has 2 fully saturated rings. The maximum absolute atomic E-state index is 13.4. The molecule has 2 N–H and O–H groups in total. The van der Waals surface area contributed by atoms with E-state index < -0.39 is 6.43 Å². The number of aromatic nitrogens is 3. The number of fused-ring (bicyclic) bond motifs is 2. The maximum Gasteiger partial charge on any atom is 0.280 e. The van der Waals surface area contributed by atoms with E-state index in [9.17, 15) is 13.2 Å². The number of nitrogens with zero attached hydrogens (tertiary/aromatic N) is 3. The summed E-state index contributed by atoms with van der Waals surface area (Å²) >= 11 is 0. The first kappa shape index (κ1) is 17.6. The van der Waals surface area contributed by atoms with Gasteiger partial charge in [0.25, 0.3) is 6.43 Å². The van der Waals surface area contributed by atoms with Crippen LogP contribution in [0, 0.1) is 11.7 Å². The van der Waals surface area contributed by atoms with Crippen LogP contribution in [0.5, 0.6) is 0 Å². The van der Waals surface area contributed by atoms with Crippen molar-refractivity contribution in [1.29, 1.82) is 0 Å². The number of nitrogens with one attached hydrogen (secondary N) is 2. The van der Waals surface area contributed by atoms with Gasteiger partial charge in [0, 0.05) is 24.2 Å². The summed E-state index contributed by atoms with van der Waals surface area (Å²) in [6, 6.07) is 9.57. The lowest BCUT2D eigenvalue weighted by Crippen LogP contribution is -2.36. The molecule has 3 unspecified atom stereocenters. The Morgan fingerprint density at radius 3 is 2.64 bits per heavy atom. The second-order valence-corrected chi connectivity index (χ2v) is 7.55. The van der Waals surface area contributed by atoms with Crippen LogP contribution in [0.1, 0.15) is 37.4 Å². The molecule has 28 heavy (non-hydrogen) atoms. The number of halogens is 3. The monoisotopic (exact) mass is 387 g/mol. The zero-order chi connectivity index (χ0) is 19.3. The lowest BCUT2D eigenvalue weighted by molar-refractivity contribution is 0.146. The van der Waals surface area contributed by atoms with E-state index in [1.807, 2.05) is 4.57 Å². The van der Waals surface area contributed by atoms with Crippen molar-refractivity contribution in [3.8, 4) is 11.4 Å². The quantitative estimate of drug-likeness (QED) is 0.714. The SMILES string of the molecule is Fc1ccc(-c2nc3ccc(C(F)F)nc3n2C2CCC3NNCC3C2)cc1. The molecule has 146 valence electrons. The topological polar surface area (TPSA) is 54.8 Å². The van der Waals surface area contributed by atoms with Gasteiger partial charge in [-0.2, -0.15) is 0 Å². The first-order valence-electron chi connectivity index (χ1n) is 9.51. The van der Waals surface area contributed by atoms with Gasteiger partial charge in [-0.3, -0.25) is 10.9 Å². The summed E-state index contributed by atoms with van der Waals surface area (Å²) in [6.07, 6.45) is 0.154. The molecule has 3 heterocycles. The van der Waals surface area contributed by atoms with Crippen molar-refractivity contribution in [2.24, 2.45) is 5.92 Å². The van der Waals surface area contributed by atoms with E-state index in [0.29, 0.717) is 28.9 Å². The highest BCUT2D eigenvalue weighted by molar-refractivity contribution is 5.77. The van der Waals surface area contributed by atoms with E-state index in [4.69, 9.17) is 0 Å². The van der Waals surface area contributed by atoms with Crippen LogP contribution in [0.3, 0.4) is 0 Å². The minimum Gasteiger partial charge on any atom is -0.306 e. The summed E-state index contributed by atoms with van der Waals surface area (Å²) in [5.41, 5.74) is 8.07. The van der Waals surface area contributed by atoms with E-state index in [2.05, 4.69) is 20.8 Å². The van der Waals surface area contributed by atoms with Crippen molar-refractivity contribution in [1.82, 2.24) is 25.4 Å². The van der Waals surface area contributed by atoms with Crippen LogP contribution in [0.4, 0.5) is 13.2 Å². The highest BCUT2D eigenvalue weighted by Crippen LogP contribution is 2.39. The van der Waals surface area contributed by atoms with Gasteiger partial charge in [-0.25, -0.2) is 23.1 Å². The van der Waals surface area contributed by atoms with Gasteiger partial charge in [-0.15, -0.1) is 0 Å². The van der Waals surface area contributed by atoms with Gasteiger partial charge in [0.15, 0.2) is 5.65 Å². The highest BCUT2D eigenvalue weighted by atomic mass is 19.3. The molecule has 0 spiro atoms. The molecule has 1 saturated carbocycles. The number of rotatable bonds is 3. The van der Waals surface area contributed by atoms with Crippen molar-refractivity contribution in [3.05, 3.63) is 47.9 Å². The number of alkyl halides is 2. The van der Waals surface area contributed by atoms with Crippen LogP contribution in [0.15, 0.2) is 36.4 Å². The van der Waals surface area contributed by atoms with E-state index in [1.54, 1.807) is 18.2 Å². The minimum atomic E-state index is -2.64. The van der Waals surface area contributed by atoms with Gasteiger partial charge in [0.1, 0.15) is 22.9 Å². The predicted molar refractivity (Wildman–Crippen MR) is 99.2 cm³/mol. The van der Waals surface area contributed by atoms with Gasteiger partial charge < -0.3 is 4.57 Å². The molecule has 0 radical (unpaired) electrons. The fourth-order valence-corrected chi connectivity index (χ4v) is 4.47. The Balaban J connectivity index is 1.65. The molecule has 2 aromatic heterocycles. The number of hydrogen-bond donors (Lipinski definition) is 2. The summed E-state index contributed by atoms with van der Waals surface area (Å²) in [5.74, 6) is 0.792. The fraction of sp³-hybridized carbons (Fsp3) is 0.400. The molecule has 5 rings (SSSR count). The molecule has 0 bridgehead atoms. The molecule has 3 atom stereocenters. The smallest absolute Gasteiger partial charge is 0.280 e. The Morgan fingerprint density at radius 2 is 1.86 bits per heavy atom. The summed E-state index contributed by atoms with van der Waals surface area (Å²) in [4.78, 5) is 8.92. The minimum absolute atomic E-state index is 0.105. The van der Waals surface area contributed by atoms with Gasteiger partial charge in [0.2, 0.25) is 0 Å². The Bertz CT molecular complexity index is 1000. The summed E-state index contributed by atoms with van der Waals surface area (Å²) in [5, 5.41) is 0. The van der Waals surface area contributed by atoms with Crippen molar-refractivity contribution in [3.63, 3.8) is 0 Å². The van der Waals surface area contributed by atoms with Gasteiger partial charge in [-0.1, -0.05) is 0 Å². The molecule has 3 aromatic rings. The molecule has 1 aromatic carbocycles. The van der Waals surface area contributed by atoms with Crippen LogP contribution in [-0.4, -0.2) is 27.1 Å². The lowest BCUT2D eigenvalue weighted by atomic mass is 9.82. The van der Waals surface area contributed by atoms with E-state index in [1.165, 1.54) is 18.2 Å². The third-order valence-electron chi connectivity index (χ3n) is 5.86. The van der Waals surface area contributed by atoms with Gasteiger partial charge in [0.05, 0.1) is 0 Å².